The van der Waals surface area contributed by atoms with E-state index in [4.69, 9.17) is 11.6 Å². The fourth-order valence-electron chi connectivity index (χ4n) is 1.46. The van der Waals surface area contributed by atoms with Gasteiger partial charge in [-0.05, 0) is 17.2 Å². The van der Waals surface area contributed by atoms with Crippen LogP contribution in [0.4, 0.5) is 4.39 Å². The van der Waals surface area contributed by atoms with Crippen molar-refractivity contribution in [2.75, 3.05) is 0 Å². The summed E-state index contributed by atoms with van der Waals surface area (Å²) in [6.45, 7) is 0. The van der Waals surface area contributed by atoms with Crippen molar-refractivity contribution in [2.24, 2.45) is 0 Å². The maximum Gasteiger partial charge on any atom is 0.213 e. The van der Waals surface area contributed by atoms with Gasteiger partial charge in [-0.1, -0.05) is 30.3 Å². The Hall–Kier alpha value is -1.41. The van der Waals surface area contributed by atoms with Crippen LogP contribution < -0.4 is 0 Å². The molecular formula is C12H9ClFN. The molecule has 1 nitrogen and oxygen atoms in total. The smallest absolute Gasteiger partial charge is 0.213 e. The Morgan fingerprint density at radius 3 is 2.60 bits per heavy atom. The lowest BCUT2D eigenvalue weighted by molar-refractivity contribution is 0.582. The molecule has 0 atom stereocenters. The second-order valence-corrected chi connectivity index (χ2v) is 3.43. The summed E-state index contributed by atoms with van der Waals surface area (Å²) in [7, 11) is 0. The zero-order chi connectivity index (χ0) is 10.7. The standard InChI is InChI=1S/C12H9ClFN/c13-7-10-6-12(14)15-8-11(10)9-4-2-1-3-5-9/h1-6,8H,7H2. The first-order valence-corrected chi connectivity index (χ1v) is 5.10. The normalized spacial score (nSPS) is 10.3. The molecule has 0 bridgehead atoms. The topological polar surface area (TPSA) is 12.9 Å². The largest absolute Gasteiger partial charge is 0.228 e. The Labute approximate surface area is 92.5 Å². The Kier molecular flexibility index (Phi) is 2.97. The second kappa shape index (κ2) is 4.41. The summed E-state index contributed by atoms with van der Waals surface area (Å²) in [6.07, 6.45) is 1.52. The van der Waals surface area contributed by atoms with E-state index in [0.29, 0.717) is 0 Å². The van der Waals surface area contributed by atoms with Gasteiger partial charge in [-0.2, -0.15) is 4.39 Å². The first kappa shape index (κ1) is 10.1. The highest BCUT2D eigenvalue weighted by molar-refractivity contribution is 6.17. The number of rotatable bonds is 2. The molecule has 3 heteroatoms. The molecular weight excluding hydrogens is 213 g/mol. The van der Waals surface area contributed by atoms with E-state index in [2.05, 4.69) is 4.98 Å². The predicted molar refractivity (Wildman–Crippen MR) is 59.2 cm³/mol. The molecule has 1 aromatic heterocycles. The van der Waals surface area contributed by atoms with Gasteiger partial charge < -0.3 is 0 Å². The lowest BCUT2D eigenvalue weighted by atomic mass is 10.0. The van der Waals surface area contributed by atoms with Crippen LogP contribution in [-0.4, -0.2) is 4.98 Å². The van der Waals surface area contributed by atoms with Crippen molar-refractivity contribution < 1.29 is 4.39 Å². The van der Waals surface area contributed by atoms with Crippen LogP contribution >= 0.6 is 11.6 Å². The van der Waals surface area contributed by atoms with E-state index in [1.54, 1.807) is 0 Å². The average molecular weight is 222 g/mol. The highest BCUT2D eigenvalue weighted by atomic mass is 35.5. The van der Waals surface area contributed by atoms with Crippen molar-refractivity contribution in [3.05, 3.63) is 54.1 Å². The number of hydrogen-bond donors (Lipinski definition) is 0. The molecule has 2 rings (SSSR count). The Balaban J connectivity index is 2.53. The van der Waals surface area contributed by atoms with Gasteiger partial charge >= 0.3 is 0 Å². The molecule has 0 N–H and O–H groups in total. The minimum atomic E-state index is -0.495. The van der Waals surface area contributed by atoms with Crippen molar-refractivity contribution in [2.45, 2.75) is 5.88 Å². The number of aromatic nitrogens is 1. The third-order valence-corrected chi connectivity index (χ3v) is 2.47. The van der Waals surface area contributed by atoms with Crippen LogP contribution in [0.5, 0.6) is 0 Å². The van der Waals surface area contributed by atoms with Crippen molar-refractivity contribution in [3.63, 3.8) is 0 Å². The second-order valence-electron chi connectivity index (χ2n) is 3.16. The molecule has 2 aromatic rings. The molecule has 1 heterocycles. The molecule has 1 aromatic carbocycles. The van der Waals surface area contributed by atoms with Crippen molar-refractivity contribution >= 4 is 11.6 Å². The summed E-state index contributed by atoms with van der Waals surface area (Å²) < 4.78 is 12.9. The highest BCUT2D eigenvalue weighted by Crippen LogP contribution is 2.24. The summed E-state index contributed by atoms with van der Waals surface area (Å²) >= 11 is 5.76. The summed E-state index contributed by atoms with van der Waals surface area (Å²) in [5.41, 5.74) is 2.64. The monoisotopic (exact) mass is 221 g/mol. The third-order valence-electron chi connectivity index (χ3n) is 2.19. The molecule has 0 saturated carbocycles. The van der Waals surface area contributed by atoms with E-state index in [1.165, 1.54) is 12.3 Å². The molecule has 0 spiro atoms. The van der Waals surface area contributed by atoms with Crippen LogP contribution in [0.15, 0.2) is 42.6 Å². The lowest BCUT2D eigenvalue weighted by Crippen LogP contribution is -1.91. The zero-order valence-corrected chi connectivity index (χ0v) is 8.71. The van der Waals surface area contributed by atoms with Gasteiger partial charge in [-0.25, -0.2) is 4.98 Å². The number of alkyl halides is 1. The lowest BCUT2D eigenvalue weighted by Gasteiger charge is -2.06. The molecule has 0 fully saturated rings. The van der Waals surface area contributed by atoms with Crippen LogP contribution in [0.25, 0.3) is 11.1 Å². The molecule has 15 heavy (non-hydrogen) atoms. The van der Waals surface area contributed by atoms with E-state index in [-0.39, 0.29) is 5.88 Å². The number of nitrogens with zero attached hydrogens (tertiary/aromatic N) is 1. The molecule has 0 unspecified atom stereocenters. The average Bonchev–Trinajstić information content (AvgIpc) is 2.30. The van der Waals surface area contributed by atoms with Crippen molar-refractivity contribution in [1.82, 2.24) is 4.98 Å². The fraction of sp³-hybridized carbons (Fsp3) is 0.0833. The van der Waals surface area contributed by atoms with E-state index >= 15 is 0 Å². The highest BCUT2D eigenvalue weighted by Gasteiger charge is 2.05. The summed E-state index contributed by atoms with van der Waals surface area (Å²) in [4.78, 5) is 3.64. The van der Waals surface area contributed by atoms with Crippen LogP contribution in [0.3, 0.4) is 0 Å². The zero-order valence-electron chi connectivity index (χ0n) is 7.95. The molecule has 0 aliphatic carbocycles. The summed E-state index contributed by atoms with van der Waals surface area (Å²) in [5.74, 6) is -0.214. The SMILES string of the molecule is Fc1cc(CCl)c(-c2ccccc2)cn1. The van der Waals surface area contributed by atoms with Gasteiger partial charge in [0.15, 0.2) is 0 Å². The van der Waals surface area contributed by atoms with Crippen molar-refractivity contribution in [1.29, 1.82) is 0 Å². The Morgan fingerprint density at radius 1 is 1.20 bits per heavy atom. The fourth-order valence-corrected chi connectivity index (χ4v) is 1.68. The van der Waals surface area contributed by atoms with Gasteiger partial charge in [0.25, 0.3) is 0 Å². The summed E-state index contributed by atoms with van der Waals surface area (Å²) in [6, 6.07) is 11.1. The maximum atomic E-state index is 12.9. The summed E-state index contributed by atoms with van der Waals surface area (Å²) in [5, 5.41) is 0. The van der Waals surface area contributed by atoms with Gasteiger partial charge in [0.05, 0.1) is 0 Å². The van der Waals surface area contributed by atoms with Crippen LogP contribution in [0, 0.1) is 5.95 Å². The third kappa shape index (κ3) is 2.16. The van der Waals surface area contributed by atoms with Gasteiger partial charge in [0.2, 0.25) is 5.95 Å². The van der Waals surface area contributed by atoms with E-state index < -0.39 is 5.95 Å². The van der Waals surface area contributed by atoms with Gasteiger partial charge in [-0.3, -0.25) is 0 Å². The Morgan fingerprint density at radius 2 is 1.93 bits per heavy atom. The van der Waals surface area contributed by atoms with Crippen LogP contribution in [0.2, 0.25) is 0 Å². The van der Waals surface area contributed by atoms with Gasteiger partial charge in [0, 0.05) is 17.6 Å². The maximum absolute atomic E-state index is 12.9. The number of hydrogen-bond acceptors (Lipinski definition) is 1. The Bertz CT molecular complexity index is 456. The minimum absolute atomic E-state index is 0.281. The molecule has 0 aliphatic rings. The number of benzene rings is 1. The van der Waals surface area contributed by atoms with E-state index in [0.717, 1.165) is 16.7 Å². The minimum Gasteiger partial charge on any atom is -0.228 e. The van der Waals surface area contributed by atoms with E-state index in [1.807, 2.05) is 30.3 Å². The van der Waals surface area contributed by atoms with Crippen LogP contribution in [0.1, 0.15) is 5.56 Å². The molecule has 0 aliphatic heterocycles. The van der Waals surface area contributed by atoms with Crippen LogP contribution in [-0.2, 0) is 5.88 Å². The number of halogens is 2. The number of pyridine rings is 1. The molecule has 76 valence electrons. The predicted octanol–water partition coefficient (Wildman–Crippen LogP) is 3.63. The molecule has 0 saturated heterocycles. The quantitative estimate of drug-likeness (QED) is 0.558. The van der Waals surface area contributed by atoms with Gasteiger partial charge in [-0.15, -0.1) is 11.6 Å². The molecule has 0 radical (unpaired) electrons. The molecule has 0 amide bonds. The van der Waals surface area contributed by atoms with Crippen molar-refractivity contribution in [3.8, 4) is 11.1 Å². The van der Waals surface area contributed by atoms with Gasteiger partial charge in [0.1, 0.15) is 0 Å². The first-order chi connectivity index (χ1) is 7.31. The van der Waals surface area contributed by atoms with E-state index in [9.17, 15) is 4.39 Å². The first-order valence-electron chi connectivity index (χ1n) is 4.57.